The van der Waals surface area contributed by atoms with Crippen molar-refractivity contribution in [3.63, 3.8) is 0 Å². The summed E-state index contributed by atoms with van der Waals surface area (Å²) in [6.07, 6.45) is 1.35. The van der Waals surface area contributed by atoms with Crippen LogP contribution in [0.2, 0.25) is 0 Å². The summed E-state index contributed by atoms with van der Waals surface area (Å²) in [5.74, 6) is -4.19. The number of hydrogen-bond acceptors (Lipinski definition) is 4. The number of H-pyrrole nitrogens is 1. The van der Waals surface area contributed by atoms with E-state index in [1.165, 1.54) is 4.57 Å². The second kappa shape index (κ2) is 5.62. The van der Waals surface area contributed by atoms with Crippen LogP contribution in [0.15, 0.2) is 15.7 Å². The summed E-state index contributed by atoms with van der Waals surface area (Å²) in [5.41, 5.74) is 5.83. The Hall–Kier alpha value is -2.29. The number of hydrogen-bond donors (Lipinski definition) is 2. The molecule has 0 spiro atoms. The van der Waals surface area contributed by atoms with Crippen molar-refractivity contribution >= 4 is 16.6 Å². The molecule has 6 nitrogen and oxygen atoms in total. The first-order chi connectivity index (χ1) is 13.2. The third-order valence-electron chi connectivity index (χ3n) is 6.59. The molecule has 3 atom stereocenters. The van der Waals surface area contributed by atoms with Crippen molar-refractivity contribution in [1.29, 1.82) is 0 Å². The minimum atomic E-state index is -2.89. The minimum Gasteiger partial charge on any atom is -0.368 e. The van der Waals surface area contributed by atoms with Crippen molar-refractivity contribution < 1.29 is 13.2 Å². The smallest absolute Gasteiger partial charge is 0.329 e. The van der Waals surface area contributed by atoms with E-state index in [0.29, 0.717) is 11.1 Å². The quantitative estimate of drug-likeness (QED) is 0.815. The van der Waals surface area contributed by atoms with Crippen LogP contribution in [-0.4, -0.2) is 34.6 Å². The summed E-state index contributed by atoms with van der Waals surface area (Å²) in [6.45, 7) is 2.21. The van der Waals surface area contributed by atoms with E-state index in [2.05, 4.69) is 4.98 Å². The van der Waals surface area contributed by atoms with Crippen molar-refractivity contribution in [2.45, 2.75) is 44.2 Å². The number of rotatable bonds is 2. The molecule has 5 rings (SSSR count). The largest absolute Gasteiger partial charge is 0.368 e. The lowest BCUT2D eigenvalue weighted by Gasteiger charge is -2.26. The number of nitrogens with one attached hydrogen (secondary N) is 1. The van der Waals surface area contributed by atoms with Gasteiger partial charge in [-0.2, -0.15) is 0 Å². The van der Waals surface area contributed by atoms with Crippen LogP contribution in [0, 0.1) is 24.6 Å². The Morgan fingerprint density at radius 2 is 1.96 bits per heavy atom. The summed E-state index contributed by atoms with van der Waals surface area (Å²) in [4.78, 5) is 28.6. The van der Waals surface area contributed by atoms with Gasteiger partial charge >= 0.3 is 5.69 Å². The first-order valence-corrected chi connectivity index (χ1v) is 9.55. The molecule has 28 heavy (non-hydrogen) atoms. The van der Waals surface area contributed by atoms with E-state index >= 15 is 4.39 Å². The van der Waals surface area contributed by atoms with Crippen molar-refractivity contribution in [2.75, 3.05) is 18.0 Å². The number of aromatic nitrogens is 2. The zero-order valence-corrected chi connectivity index (χ0v) is 15.3. The van der Waals surface area contributed by atoms with Gasteiger partial charge in [0.05, 0.1) is 22.6 Å². The first kappa shape index (κ1) is 17.8. The molecule has 2 aliphatic carbocycles. The monoisotopic (exact) mass is 394 g/mol. The van der Waals surface area contributed by atoms with Crippen LogP contribution in [0.1, 0.15) is 30.9 Å². The zero-order valence-electron chi connectivity index (χ0n) is 15.3. The average molecular weight is 394 g/mol. The lowest BCUT2D eigenvalue weighted by molar-refractivity contribution is -0.0146. The van der Waals surface area contributed by atoms with Gasteiger partial charge in [-0.1, -0.05) is 0 Å². The van der Waals surface area contributed by atoms with Crippen molar-refractivity contribution in [2.24, 2.45) is 17.6 Å². The molecule has 2 aromatic rings. The summed E-state index contributed by atoms with van der Waals surface area (Å²) in [6, 6.07) is -0.0926. The zero-order chi connectivity index (χ0) is 20.0. The van der Waals surface area contributed by atoms with E-state index in [-0.39, 0.29) is 42.5 Å². The highest BCUT2D eigenvalue weighted by molar-refractivity contribution is 5.87. The number of halogens is 3. The summed E-state index contributed by atoms with van der Waals surface area (Å²) in [5, 5.41) is 0.132. The van der Waals surface area contributed by atoms with Gasteiger partial charge in [-0.3, -0.25) is 14.3 Å². The minimum absolute atomic E-state index is 0.00562. The molecule has 1 aromatic carbocycles. The van der Waals surface area contributed by atoms with Crippen LogP contribution in [0.3, 0.4) is 0 Å². The lowest BCUT2D eigenvalue weighted by Crippen LogP contribution is -2.42. The molecule has 9 heteroatoms. The first-order valence-electron chi connectivity index (χ1n) is 9.55. The second-order valence-corrected chi connectivity index (χ2v) is 8.41. The molecular weight excluding hydrogens is 373 g/mol. The third-order valence-corrected chi connectivity index (χ3v) is 6.59. The van der Waals surface area contributed by atoms with Crippen LogP contribution in [0.25, 0.3) is 10.9 Å². The third kappa shape index (κ3) is 2.38. The molecule has 0 radical (unpaired) electrons. The molecule has 0 bridgehead atoms. The molecule has 3 aliphatic rings. The number of nitrogens with zero attached hydrogens (tertiary/aromatic N) is 2. The fourth-order valence-electron chi connectivity index (χ4n) is 5.14. The van der Waals surface area contributed by atoms with Crippen molar-refractivity contribution in [3.8, 4) is 0 Å². The van der Waals surface area contributed by atoms with Gasteiger partial charge in [-0.25, -0.2) is 18.0 Å². The van der Waals surface area contributed by atoms with Crippen molar-refractivity contribution in [1.82, 2.24) is 9.55 Å². The molecule has 0 amide bonds. The molecule has 1 aromatic heterocycles. The number of fused-ring (bicyclic) bond motifs is 2. The molecule has 2 heterocycles. The topological polar surface area (TPSA) is 84.1 Å². The van der Waals surface area contributed by atoms with Crippen LogP contribution >= 0.6 is 0 Å². The van der Waals surface area contributed by atoms with E-state index in [9.17, 15) is 18.4 Å². The normalized spacial score (nSPS) is 28.9. The van der Waals surface area contributed by atoms with E-state index in [0.717, 1.165) is 18.9 Å². The van der Waals surface area contributed by atoms with Crippen LogP contribution in [-0.2, 0) is 0 Å². The maximum absolute atomic E-state index is 15.0. The Balaban J connectivity index is 1.65. The van der Waals surface area contributed by atoms with Gasteiger partial charge < -0.3 is 10.6 Å². The van der Waals surface area contributed by atoms with E-state index in [1.54, 1.807) is 11.8 Å². The highest BCUT2D eigenvalue weighted by Crippen LogP contribution is 2.48. The van der Waals surface area contributed by atoms with E-state index in [1.807, 2.05) is 0 Å². The predicted molar refractivity (Wildman–Crippen MR) is 98.5 cm³/mol. The molecule has 150 valence electrons. The Bertz CT molecular complexity index is 1110. The van der Waals surface area contributed by atoms with Crippen LogP contribution < -0.4 is 21.9 Å². The van der Waals surface area contributed by atoms with Gasteiger partial charge in [0.25, 0.3) is 11.5 Å². The van der Waals surface area contributed by atoms with Gasteiger partial charge in [-0.15, -0.1) is 0 Å². The molecule has 2 saturated carbocycles. The fourth-order valence-corrected chi connectivity index (χ4v) is 5.14. The number of anilines is 1. The van der Waals surface area contributed by atoms with Gasteiger partial charge in [0, 0.05) is 37.0 Å². The predicted octanol–water partition coefficient (Wildman–Crippen LogP) is 1.89. The van der Waals surface area contributed by atoms with Gasteiger partial charge in [0.15, 0.2) is 0 Å². The summed E-state index contributed by atoms with van der Waals surface area (Å²) >= 11 is 0. The van der Waals surface area contributed by atoms with Gasteiger partial charge in [-0.05, 0) is 31.7 Å². The molecule has 3 N–H and O–H groups in total. The average Bonchev–Trinajstić information content (AvgIpc) is 3.32. The van der Waals surface area contributed by atoms with Crippen molar-refractivity contribution in [3.05, 3.63) is 38.3 Å². The summed E-state index contributed by atoms with van der Waals surface area (Å²) < 4.78 is 44.4. The Kier molecular flexibility index (Phi) is 3.57. The maximum atomic E-state index is 15.0. The van der Waals surface area contributed by atoms with Gasteiger partial charge in [0.1, 0.15) is 5.82 Å². The number of alkyl halides is 2. The molecular formula is C19H21F3N4O2. The van der Waals surface area contributed by atoms with E-state index < -0.39 is 34.9 Å². The summed E-state index contributed by atoms with van der Waals surface area (Å²) in [7, 11) is 0. The second-order valence-electron chi connectivity index (χ2n) is 8.41. The molecule has 3 unspecified atom stereocenters. The number of nitrogens with two attached hydrogens (primary N) is 1. The molecule has 1 aliphatic heterocycles. The Morgan fingerprint density at radius 3 is 2.61 bits per heavy atom. The Labute approximate surface area is 158 Å². The Morgan fingerprint density at radius 1 is 1.25 bits per heavy atom. The fraction of sp³-hybridized carbons (Fsp3) is 0.579. The van der Waals surface area contributed by atoms with Crippen LogP contribution in [0.5, 0.6) is 0 Å². The highest BCUT2D eigenvalue weighted by Gasteiger charge is 2.56. The number of benzene rings is 1. The maximum Gasteiger partial charge on any atom is 0.329 e. The highest BCUT2D eigenvalue weighted by atomic mass is 19.3. The number of aromatic amines is 1. The lowest BCUT2D eigenvalue weighted by atomic mass is 9.98. The molecule has 1 saturated heterocycles. The molecule has 3 fully saturated rings. The SMILES string of the molecule is Cc1c(N2CC3CC(F)(F)C(N)C3C2)c(F)cc2c(=O)[nH]c(=O)n(C3CC3)c12. The van der Waals surface area contributed by atoms with Crippen LogP contribution in [0.4, 0.5) is 18.9 Å². The van der Waals surface area contributed by atoms with Gasteiger partial charge in [0.2, 0.25) is 0 Å². The number of aryl methyl sites for hydroxylation is 1. The van der Waals surface area contributed by atoms with E-state index in [4.69, 9.17) is 5.73 Å². The standard InChI is InChI=1S/C19H21F3N4O2/c1-8-14-11(17(27)24-18(28)26(14)10-2-3-10)4-13(20)15(8)25-6-9-5-19(21,22)16(23)12(9)7-25/h4,9-10,12,16H,2-3,5-7,23H2,1H3,(H,24,27,28).